The number of rotatable bonds is 8. The molecule has 0 aliphatic carbocycles. The molecule has 0 aliphatic rings. The van der Waals surface area contributed by atoms with Crippen LogP contribution in [0.3, 0.4) is 0 Å². The van der Waals surface area contributed by atoms with Crippen molar-refractivity contribution < 1.29 is 14.4 Å². The zero-order chi connectivity index (χ0) is 19.2. The Morgan fingerprint density at radius 1 is 1.19 bits per heavy atom. The lowest BCUT2D eigenvalue weighted by Crippen LogP contribution is -1.94. The highest BCUT2D eigenvalue weighted by atomic mass is 32.2. The van der Waals surface area contributed by atoms with Crippen molar-refractivity contribution in [1.29, 1.82) is 0 Å². The number of hydrogen-bond acceptors (Lipinski definition) is 9. The first-order valence-corrected chi connectivity index (χ1v) is 9.58. The molecule has 10 heteroatoms. The van der Waals surface area contributed by atoms with Gasteiger partial charge in [0.2, 0.25) is 5.13 Å². The number of benzene rings is 2. The summed E-state index contributed by atoms with van der Waals surface area (Å²) in [5, 5.41) is 23.1. The zero-order valence-corrected chi connectivity index (χ0v) is 16.2. The van der Waals surface area contributed by atoms with E-state index in [-0.39, 0.29) is 5.69 Å². The molecule has 0 fully saturated rings. The van der Waals surface area contributed by atoms with Crippen molar-refractivity contribution in [3.8, 4) is 11.5 Å². The molecule has 0 unspecified atom stereocenters. The van der Waals surface area contributed by atoms with Crippen LogP contribution in [-0.4, -0.2) is 29.3 Å². The van der Waals surface area contributed by atoms with E-state index < -0.39 is 4.92 Å². The summed E-state index contributed by atoms with van der Waals surface area (Å²) < 4.78 is 11.2. The van der Waals surface area contributed by atoms with Crippen LogP contribution in [0.15, 0.2) is 46.8 Å². The highest BCUT2D eigenvalue weighted by molar-refractivity contribution is 8.00. The van der Waals surface area contributed by atoms with Crippen molar-refractivity contribution in [2.24, 2.45) is 0 Å². The Kier molecular flexibility index (Phi) is 6.09. The fraction of sp³-hybridized carbons (Fsp3) is 0.176. The second kappa shape index (κ2) is 8.69. The molecule has 0 radical (unpaired) electrons. The lowest BCUT2D eigenvalue weighted by atomic mass is 10.2. The number of nitro benzene ring substituents is 1. The molecule has 3 rings (SSSR count). The van der Waals surface area contributed by atoms with Crippen molar-refractivity contribution in [3.63, 3.8) is 0 Å². The predicted octanol–water partition coefficient (Wildman–Crippen LogP) is 4.50. The van der Waals surface area contributed by atoms with Crippen LogP contribution in [0.25, 0.3) is 0 Å². The summed E-state index contributed by atoms with van der Waals surface area (Å²) in [6, 6.07) is 12.1. The quantitative estimate of drug-likeness (QED) is 0.333. The van der Waals surface area contributed by atoms with Gasteiger partial charge in [-0.05, 0) is 18.2 Å². The summed E-state index contributed by atoms with van der Waals surface area (Å²) in [5.41, 5.74) is 1.61. The number of methoxy groups -OCH3 is 2. The summed E-state index contributed by atoms with van der Waals surface area (Å²) in [6.07, 6.45) is 0. The van der Waals surface area contributed by atoms with Gasteiger partial charge in [0.15, 0.2) is 4.34 Å². The predicted molar refractivity (Wildman–Crippen MR) is 105 cm³/mol. The van der Waals surface area contributed by atoms with E-state index in [1.807, 2.05) is 24.3 Å². The van der Waals surface area contributed by atoms with E-state index in [1.165, 1.54) is 42.3 Å². The SMILES string of the molecule is COc1cccc(Nc2nnc(SCc3cc([N+](=O)[O-])ccc3OC)s2)c1. The van der Waals surface area contributed by atoms with Crippen molar-refractivity contribution >= 4 is 39.6 Å². The minimum atomic E-state index is -0.422. The van der Waals surface area contributed by atoms with Crippen LogP contribution < -0.4 is 14.8 Å². The minimum Gasteiger partial charge on any atom is -0.497 e. The fourth-order valence-electron chi connectivity index (χ4n) is 2.27. The molecule has 3 aromatic rings. The molecular formula is C17H16N4O4S2. The molecular weight excluding hydrogens is 388 g/mol. The Bertz CT molecular complexity index is 948. The van der Waals surface area contributed by atoms with Gasteiger partial charge in [0.1, 0.15) is 11.5 Å². The van der Waals surface area contributed by atoms with Gasteiger partial charge in [0, 0.05) is 35.2 Å². The standard InChI is InChI=1S/C17H16N4O4S2/c1-24-14-5-3-4-12(9-14)18-16-19-20-17(27-16)26-10-11-8-13(21(22)23)6-7-15(11)25-2/h3-9H,10H2,1-2H3,(H,18,19). The first-order chi connectivity index (χ1) is 13.1. The van der Waals surface area contributed by atoms with Gasteiger partial charge in [-0.2, -0.15) is 0 Å². The Morgan fingerprint density at radius 3 is 2.78 bits per heavy atom. The molecule has 27 heavy (non-hydrogen) atoms. The largest absolute Gasteiger partial charge is 0.497 e. The highest BCUT2D eigenvalue weighted by Crippen LogP contribution is 2.34. The van der Waals surface area contributed by atoms with Gasteiger partial charge >= 0.3 is 0 Å². The Morgan fingerprint density at radius 2 is 2.04 bits per heavy atom. The van der Waals surface area contributed by atoms with Crippen LogP contribution in [0.2, 0.25) is 0 Å². The average Bonchev–Trinajstić information content (AvgIpc) is 3.13. The lowest BCUT2D eigenvalue weighted by molar-refractivity contribution is -0.384. The monoisotopic (exact) mass is 404 g/mol. The maximum Gasteiger partial charge on any atom is 0.270 e. The normalized spacial score (nSPS) is 10.4. The zero-order valence-electron chi connectivity index (χ0n) is 14.5. The molecule has 140 valence electrons. The van der Waals surface area contributed by atoms with Gasteiger partial charge in [0.05, 0.1) is 19.1 Å². The molecule has 2 aromatic carbocycles. The fourth-order valence-corrected chi connectivity index (χ4v) is 4.02. The van der Waals surface area contributed by atoms with Gasteiger partial charge in [-0.25, -0.2) is 0 Å². The van der Waals surface area contributed by atoms with Crippen LogP contribution in [0, 0.1) is 10.1 Å². The maximum atomic E-state index is 11.0. The average molecular weight is 404 g/mol. The van der Waals surface area contributed by atoms with Crippen molar-refractivity contribution in [3.05, 3.63) is 58.1 Å². The molecule has 0 atom stereocenters. The van der Waals surface area contributed by atoms with Gasteiger partial charge < -0.3 is 14.8 Å². The summed E-state index contributed by atoms with van der Waals surface area (Å²) in [7, 11) is 3.15. The summed E-state index contributed by atoms with van der Waals surface area (Å²) in [5.74, 6) is 1.84. The number of thioether (sulfide) groups is 1. The van der Waals surface area contributed by atoms with Gasteiger partial charge in [-0.15, -0.1) is 10.2 Å². The van der Waals surface area contributed by atoms with Gasteiger partial charge in [-0.1, -0.05) is 29.2 Å². The maximum absolute atomic E-state index is 11.0. The van der Waals surface area contributed by atoms with Crippen LogP contribution in [0.1, 0.15) is 5.56 Å². The van der Waals surface area contributed by atoms with E-state index in [1.54, 1.807) is 13.2 Å². The van der Waals surface area contributed by atoms with Crippen LogP contribution >= 0.6 is 23.1 Å². The topological polar surface area (TPSA) is 99.4 Å². The Hall–Kier alpha value is -2.85. The summed E-state index contributed by atoms with van der Waals surface area (Å²) in [4.78, 5) is 10.5. The van der Waals surface area contributed by atoms with E-state index in [9.17, 15) is 10.1 Å². The van der Waals surface area contributed by atoms with Gasteiger partial charge in [-0.3, -0.25) is 10.1 Å². The minimum absolute atomic E-state index is 0.0315. The number of hydrogen-bond donors (Lipinski definition) is 1. The molecule has 0 aliphatic heterocycles. The van der Waals surface area contributed by atoms with Crippen LogP contribution in [-0.2, 0) is 5.75 Å². The molecule has 0 amide bonds. The van der Waals surface area contributed by atoms with Crippen molar-refractivity contribution in [1.82, 2.24) is 10.2 Å². The Labute approximate surface area is 163 Å². The van der Waals surface area contributed by atoms with Crippen LogP contribution in [0.5, 0.6) is 11.5 Å². The molecule has 0 bridgehead atoms. The van der Waals surface area contributed by atoms with E-state index >= 15 is 0 Å². The molecule has 1 aromatic heterocycles. The van der Waals surface area contributed by atoms with Gasteiger partial charge in [0.25, 0.3) is 5.69 Å². The van der Waals surface area contributed by atoms with Crippen LogP contribution in [0.4, 0.5) is 16.5 Å². The molecule has 1 N–H and O–H groups in total. The number of nitrogens with one attached hydrogen (secondary N) is 1. The second-order valence-corrected chi connectivity index (χ2v) is 7.47. The first-order valence-electron chi connectivity index (χ1n) is 7.77. The Balaban J connectivity index is 1.67. The molecule has 8 nitrogen and oxygen atoms in total. The lowest BCUT2D eigenvalue weighted by Gasteiger charge is -2.06. The number of nitro groups is 1. The van der Waals surface area contributed by atoms with E-state index in [2.05, 4.69) is 15.5 Å². The van der Waals surface area contributed by atoms with Crippen molar-refractivity contribution in [2.45, 2.75) is 10.1 Å². The third kappa shape index (κ3) is 4.86. The third-order valence-corrected chi connectivity index (χ3v) is 5.57. The molecule has 1 heterocycles. The van der Waals surface area contributed by atoms with Crippen molar-refractivity contribution in [2.75, 3.05) is 19.5 Å². The third-order valence-electron chi connectivity index (χ3n) is 3.55. The summed E-state index contributed by atoms with van der Waals surface area (Å²) >= 11 is 2.84. The highest BCUT2D eigenvalue weighted by Gasteiger charge is 2.13. The number of ether oxygens (including phenoxy) is 2. The summed E-state index contributed by atoms with van der Waals surface area (Å²) in [6.45, 7) is 0. The van der Waals surface area contributed by atoms with E-state index in [4.69, 9.17) is 9.47 Å². The number of nitrogens with zero attached hydrogens (tertiary/aromatic N) is 3. The molecule has 0 saturated carbocycles. The van der Waals surface area contributed by atoms with E-state index in [0.29, 0.717) is 16.6 Å². The molecule has 0 saturated heterocycles. The van der Waals surface area contributed by atoms with E-state index in [0.717, 1.165) is 21.3 Å². The first kappa shape index (κ1) is 18.9. The number of aromatic nitrogens is 2. The number of non-ortho nitro benzene ring substituents is 1. The molecule has 0 spiro atoms. The smallest absolute Gasteiger partial charge is 0.270 e. The second-order valence-electron chi connectivity index (χ2n) is 5.27. The number of anilines is 2.